The van der Waals surface area contributed by atoms with E-state index in [-0.39, 0.29) is 17.5 Å². The molecule has 0 amide bonds. The van der Waals surface area contributed by atoms with E-state index in [0.29, 0.717) is 16.8 Å². The minimum absolute atomic E-state index is 0.0325. The maximum absolute atomic E-state index is 14.0. The normalized spacial score (nSPS) is 17.9. The fraction of sp³-hybridized carbons (Fsp3) is 0.414. The third-order valence-electron chi connectivity index (χ3n) is 6.38. The van der Waals surface area contributed by atoms with Gasteiger partial charge in [-0.25, -0.2) is 0 Å². The van der Waals surface area contributed by atoms with Gasteiger partial charge in [0.25, 0.3) is 0 Å². The van der Waals surface area contributed by atoms with Crippen LogP contribution in [0.2, 0.25) is 0 Å². The molecule has 0 bridgehead atoms. The predicted molar refractivity (Wildman–Crippen MR) is 135 cm³/mol. The van der Waals surface area contributed by atoms with Gasteiger partial charge in [-0.15, -0.1) is 0 Å². The molecule has 1 heterocycles. The molecule has 2 aromatic carbocycles. The molecule has 0 spiro atoms. The Bertz CT molecular complexity index is 1090. The molecule has 0 saturated carbocycles. The van der Waals surface area contributed by atoms with Crippen molar-refractivity contribution < 1.29 is 13.2 Å². The molecule has 1 N–H and O–H groups in total. The second-order valence-corrected chi connectivity index (χ2v) is 8.73. The molecule has 2 nitrogen and oxygen atoms in total. The predicted octanol–water partition coefficient (Wildman–Crippen LogP) is 7.27. The number of aryl methyl sites for hydroxylation is 1. The van der Waals surface area contributed by atoms with E-state index in [2.05, 4.69) is 37.9 Å². The number of hydrogen-bond acceptors (Lipinski definition) is 2. The lowest BCUT2D eigenvalue weighted by Gasteiger charge is -2.21. The highest BCUT2D eigenvalue weighted by Crippen LogP contribution is 2.34. The Kier molecular flexibility index (Phi) is 8.74. The maximum atomic E-state index is 14.0. The van der Waals surface area contributed by atoms with Crippen molar-refractivity contribution >= 4 is 11.4 Å². The van der Waals surface area contributed by atoms with Crippen LogP contribution >= 0.6 is 0 Å². The fourth-order valence-corrected chi connectivity index (χ4v) is 4.12. The second kappa shape index (κ2) is 11.5. The van der Waals surface area contributed by atoms with Gasteiger partial charge in [-0.05, 0) is 74.9 Å². The van der Waals surface area contributed by atoms with E-state index in [1.54, 1.807) is 12.1 Å². The average molecular weight is 467 g/mol. The van der Waals surface area contributed by atoms with E-state index in [1.807, 2.05) is 31.2 Å². The van der Waals surface area contributed by atoms with Crippen LogP contribution in [0.5, 0.6) is 0 Å². The zero-order valence-corrected chi connectivity index (χ0v) is 20.4. The van der Waals surface area contributed by atoms with Crippen LogP contribution in [0.4, 0.5) is 13.2 Å². The molecule has 0 aliphatic carbocycles. The standard InChI is InChI=1S/C29H33F3N2/c1-5-20(4)28(27-9-8-18-33-27)34-26(7-3)24-17-16-23(25(19-24)29(30,31)32)15-14-22-12-10-21(6-2)11-13-22/h7,10-13,16-17,19-20,27,33H,5-6,8-9,18H2,1-4H3/b26-7-,34-28?. The van der Waals surface area contributed by atoms with E-state index in [9.17, 15) is 13.2 Å². The zero-order valence-electron chi connectivity index (χ0n) is 20.4. The Morgan fingerprint density at radius 1 is 1.15 bits per heavy atom. The van der Waals surface area contributed by atoms with Crippen LogP contribution in [0.3, 0.4) is 0 Å². The Morgan fingerprint density at radius 3 is 2.44 bits per heavy atom. The summed E-state index contributed by atoms with van der Waals surface area (Å²) in [6.45, 7) is 9.04. The van der Waals surface area contributed by atoms with E-state index in [0.717, 1.165) is 43.5 Å². The van der Waals surface area contributed by atoms with Gasteiger partial charge in [-0.3, -0.25) is 4.99 Å². The number of aliphatic imine (C=N–C) groups is 1. The van der Waals surface area contributed by atoms with E-state index in [1.165, 1.54) is 12.1 Å². The zero-order chi connectivity index (χ0) is 24.7. The van der Waals surface area contributed by atoms with Gasteiger partial charge >= 0.3 is 6.18 Å². The smallest absolute Gasteiger partial charge is 0.309 e. The first-order valence-electron chi connectivity index (χ1n) is 12.1. The summed E-state index contributed by atoms with van der Waals surface area (Å²) in [6.07, 6.45) is 1.18. The summed E-state index contributed by atoms with van der Waals surface area (Å²) in [5, 5.41) is 3.48. The lowest BCUT2D eigenvalue weighted by atomic mass is 9.94. The molecule has 2 aromatic rings. The lowest BCUT2D eigenvalue weighted by Crippen LogP contribution is -2.34. The van der Waals surface area contributed by atoms with Crippen LogP contribution in [0.15, 0.2) is 53.5 Å². The van der Waals surface area contributed by atoms with Crippen LogP contribution < -0.4 is 5.32 Å². The molecular formula is C29H33F3N2. The minimum Gasteiger partial charge on any atom is -0.309 e. The summed E-state index contributed by atoms with van der Waals surface area (Å²) in [6, 6.07) is 12.1. The molecule has 2 atom stereocenters. The van der Waals surface area contributed by atoms with Gasteiger partial charge in [0.05, 0.1) is 11.3 Å². The van der Waals surface area contributed by atoms with Gasteiger partial charge in [0.15, 0.2) is 0 Å². The van der Waals surface area contributed by atoms with E-state index in [4.69, 9.17) is 4.99 Å². The molecule has 180 valence electrons. The minimum atomic E-state index is -4.51. The molecule has 1 fully saturated rings. The molecule has 2 unspecified atom stereocenters. The Labute approximate surface area is 201 Å². The Balaban J connectivity index is 1.99. The number of halogens is 3. The number of benzene rings is 2. The first-order chi connectivity index (χ1) is 16.3. The highest BCUT2D eigenvalue weighted by molar-refractivity contribution is 5.95. The molecule has 3 rings (SSSR count). The molecule has 1 aliphatic rings. The van der Waals surface area contributed by atoms with Crippen LogP contribution in [0.1, 0.15) is 74.8 Å². The number of allylic oxidation sites excluding steroid dienone is 1. The lowest BCUT2D eigenvalue weighted by molar-refractivity contribution is -0.137. The fourth-order valence-electron chi connectivity index (χ4n) is 4.12. The highest BCUT2D eigenvalue weighted by atomic mass is 19.4. The molecule has 1 aliphatic heterocycles. The molecule has 0 aromatic heterocycles. The van der Waals surface area contributed by atoms with Crippen LogP contribution in [-0.2, 0) is 12.6 Å². The van der Waals surface area contributed by atoms with Crippen LogP contribution in [-0.4, -0.2) is 18.3 Å². The van der Waals surface area contributed by atoms with Crippen LogP contribution in [0.25, 0.3) is 5.70 Å². The van der Waals surface area contributed by atoms with Gasteiger partial charge in [-0.2, -0.15) is 13.2 Å². The summed E-state index contributed by atoms with van der Waals surface area (Å²) >= 11 is 0. The van der Waals surface area contributed by atoms with Crippen molar-refractivity contribution in [3.05, 3.63) is 76.4 Å². The number of hydrogen-bond donors (Lipinski definition) is 1. The van der Waals surface area contributed by atoms with Gasteiger partial charge < -0.3 is 5.32 Å². The SMILES string of the molecule is C/C=C(\N=C(C(C)CC)C1CCCN1)c1ccc(C#Cc2ccc(CC)cc2)c(C(F)(F)F)c1. The number of nitrogens with zero attached hydrogens (tertiary/aromatic N) is 1. The van der Waals surface area contributed by atoms with Gasteiger partial charge in [0.2, 0.25) is 0 Å². The second-order valence-electron chi connectivity index (χ2n) is 8.73. The third kappa shape index (κ3) is 6.39. The monoisotopic (exact) mass is 466 g/mol. The van der Waals surface area contributed by atoms with Gasteiger partial charge in [0, 0.05) is 28.4 Å². The summed E-state index contributed by atoms with van der Waals surface area (Å²) in [5.41, 5.74) is 3.11. The van der Waals surface area contributed by atoms with Crippen LogP contribution in [0, 0.1) is 17.8 Å². The molecular weight excluding hydrogens is 433 g/mol. The van der Waals surface area contributed by atoms with Crippen molar-refractivity contribution in [2.24, 2.45) is 10.9 Å². The third-order valence-corrected chi connectivity index (χ3v) is 6.38. The van der Waals surface area contributed by atoms with Gasteiger partial charge in [0.1, 0.15) is 0 Å². The van der Waals surface area contributed by atoms with E-state index < -0.39 is 11.7 Å². The van der Waals surface area contributed by atoms with Crippen molar-refractivity contribution in [2.75, 3.05) is 6.54 Å². The Hall–Kier alpha value is -2.84. The number of alkyl halides is 3. The summed E-state index contributed by atoms with van der Waals surface area (Å²) < 4.78 is 41.9. The summed E-state index contributed by atoms with van der Waals surface area (Å²) in [7, 11) is 0. The quantitative estimate of drug-likeness (QED) is 0.351. The topological polar surface area (TPSA) is 24.4 Å². The van der Waals surface area contributed by atoms with Crippen molar-refractivity contribution in [3.63, 3.8) is 0 Å². The largest absolute Gasteiger partial charge is 0.417 e. The average Bonchev–Trinajstić information content (AvgIpc) is 3.37. The number of rotatable bonds is 6. The summed E-state index contributed by atoms with van der Waals surface area (Å²) in [4.78, 5) is 4.89. The molecule has 34 heavy (non-hydrogen) atoms. The van der Waals surface area contributed by atoms with Crippen molar-refractivity contribution in [1.29, 1.82) is 0 Å². The molecule has 1 saturated heterocycles. The van der Waals surface area contributed by atoms with Crippen molar-refractivity contribution in [2.45, 2.75) is 65.6 Å². The van der Waals surface area contributed by atoms with E-state index >= 15 is 0 Å². The van der Waals surface area contributed by atoms with Crippen molar-refractivity contribution in [1.82, 2.24) is 5.32 Å². The number of nitrogens with one attached hydrogen (secondary N) is 1. The summed E-state index contributed by atoms with van der Waals surface area (Å²) in [5.74, 6) is 5.86. The first-order valence-corrected chi connectivity index (χ1v) is 12.1. The van der Waals surface area contributed by atoms with Gasteiger partial charge in [-0.1, -0.05) is 56.9 Å². The maximum Gasteiger partial charge on any atom is 0.417 e. The molecule has 0 radical (unpaired) electrons. The Morgan fingerprint density at radius 2 is 1.88 bits per heavy atom. The van der Waals surface area contributed by atoms with Crippen molar-refractivity contribution in [3.8, 4) is 11.8 Å². The first kappa shape index (κ1) is 25.8. The highest BCUT2D eigenvalue weighted by Gasteiger charge is 2.34. The molecule has 5 heteroatoms.